The molecule has 9 rings (SSSR count). The molecule has 6 aromatic rings. The molecule has 6 amide bonds. The van der Waals surface area contributed by atoms with E-state index < -0.39 is 20.0 Å². The van der Waals surface area contributed by atoms with Crippen LogP contribution >= 0.6 is 69.6 Å². The van der Waals surface area contributed by atoms with Gasteiger partial charge in [0.25, 0.3) is 0 Å². The van der Waals surface area contributed by atoms with Crippen molar-refractivity contribution in [3.63, 3.8) is 0 Å². The zero-order valence-electron chi connectivity index (χ0n) is 66.9. The van der Waals surface area contributed by atoms with Crippen molar-refractivity contribution in [2.75, 3.05) is 220 Å². The van der Waals surface area contributed by atoms with E-state index in [2.05, 4.69) is 63.6 Å². The van der Waals surface area contributed by atoms with Gasteiger partial charge in [-0.05, 0) is 183 Å². The number of fused-ring (bicyclic) bond motifs is 3. The summed E-state index contributed by atoms with van der Waals surface area (Å²) in [6.07, 6.45) is 1.91. The molecule has 0 unspecified atom stereocenters. The molecule has 0 aliphatic carbocycles. The highest BCUT2D eigenvalue weighted by Crippen LogP contribution is 2.42. The van der Waals surface area contributed by atoms with Gasteiger partial charge in [0.2, 0.25) is 20.0 Å². The van der Waals surface area contributed by atoms with Gasteiger partial charge in [0.05, 0.1) is 95.6 Å². The van der Waals surface area contributed by atoms with Crippen molar-refractivity contribution in [2.24, 2.45) is 0 Å². The average molecular weight is 1770 g/mol. The molecule has 638 valence electrons. The third-order valence-corrected chi connectivity index (χ3v) is 24.7. The van der Waals surface area contributed by atoms with Crippen LogP contribution in [0.3, 0.4) is 0 Å². The van der Waals surface area contributed by atoms with Crippen LogP contribution in [0.4, 0.5) is 14.4 Å². The Morgan fingerprint density at radius 3 is 1.07 bits per heavy atom. The smallest absolute Gasteiger partial charge is 0.317 e. The number of sulfonamides is 2. The van der Waals surface area contributed by atoms with E-state index in [1.807, 2.05) is 62.6 Å². The van der Waals surface area contributed by atoms with E-state index in [9.17, 15) is 31.2 Å². The maximum absolute atomic E-state index is 13.4. The highest BCUT2D eigenvalue weighted by molar-refractivity contribution is 7.89. The van der Waals surface area contributed by atoms with Crippen LogP contribution in [0.5, 0.6) is 5.75 Å². The highest BCUT2D eigenvalue weighted by atomic mass is 35.5. The van der Waals surface area contributed by atoms with E-state index in [0.29, 0.717) is 173 Å². The lowest BCUT2D eigenvalue weighted by Gasteiger charge is -2.33. The minimum atomic E-state index is -3.85. The van der Waals surface area contributed by atoms with E-state index in [1.165, 1.54) is 9.80 Å². The second-order valence-corrected chi connectivity index (χ2v) is 35.2. The zero-order valence-corrected chi connectivity index (χ0v) is 73.1. The number of amides is 6. The fourth-order valence-corrected chi connectivity index (χ4v) is 17.8. The van der Waals surface area contributed by atoms with E-state index in [0.717, 1.165) is 63.2 Å². The van der Waals surface area contributed by atoms with Gasteiger partial charge in [-0.1, -0.05) is 106 Å². The number of halogens is 6. The van der Waals surface area contributed by atoms with Crippen LogP contribution in [0, 0.1) is 0 Å². The van der Waals surface area contributed by atoms with Crippen LogP contribution in [0.2, 0.25) is 30.1 Å². The zero-order chi connectivity index (χ0) is 83.2. The summed E-state index contributed by atoms with van der Waals surface area (Å²) in [5.74, 6) is 0.529. The molecule has 0 saturated carbocycles. The number of carbonyl (C=O) groups is 3. The van der Waals surface area contributed by atoms with Gasteiger partial charge in [-0.25, -0.2) is 40.7 Å². The fourth-order valence-electron chi connectivity index (χ4n) is 14.0. The van der Waals surface area contributed by atoms with Gasteiger partial charge in [-0.15, -0.1) is 0 Å². The summed E-state index contributed by atoms with van der Waals surface area (Å²) in [6.45, 7) is 12.1. The van der Waals surface area contributed by atoms with Crippen LogP contribution in [0.25, 0.3) is 0 Å². The third-order valence-electron chi connectivity index (χ3n) is 20.1. The highest BCUT2D eigenvalue weighted by Gasteiger charge is 2.32. The van der Waals surface area contributed by atoms with Gasteiger partial charge in [-0.2, -0.15) is 5.48 Å². The first-order valence-electron chi connectivity index (χ1n) is 39.1. The number of rotatable bonds is 48. The normalized spacial score (nSPS) is 15.9. The minimum absolute atomic E-state index is 0.0554. The van der Waals surface area contributed by atoms with Gasteiger partial charge >= 0.3 is 18.1 Å². The maximum atomic E-state index is 13.4. The molecular weight excluding hydrogens is 1660 g/mol. The minimum Gasteiger partial charge on any atom is -0.409 e. The lowest BCUT2D eigenvalue weighted by atomic mass is 9.85. The quantitative estimate of drug-likeness (QED) is 0.0153. The SMILES string of the molecule is CN1Cc2c(Cl)cc(Cl)cc2[C@H](c2cccc(ONCCOCCOCCN(C)C(=O)NCCCN(CCCNC(=O)N(C)CCOCCOCCNS(=O)(=O)c3cccc([C@@H]4CN(C)Cc5c(Cl)cc(Cl)cc54)c3)CCCNC(=O)N(C)CCOCCOCCNS(=O)(=O)c3cccc([C@@H]4CN(C)Cc5c(Cl)cc(Cl)cc54)c3)c2)C1. The van der Waals surface area contributed by atoms with Crippen molar-refractivity contribution in [1.82, 2.24) is 65.2 Å². The van der Waals surface area contributed by atoms with Gasteiger partial charge in [0.15, 0.2) is 0 Å². The number of hydrogen-bond acceptors (Lipinski definition) is 19. The number of hydrogen-bond donors (Lipinski definition) is 6. The van der Waals surface area contributed by atoms with Gasteiger partial charge in [0, 0.05) is 161 Å². The van der Waals surface area contributed by atoms with Crippen LogP contribution in [-0.2, 0) is 68.1 Å². The van der Waals surface area contributed by atoms with E-state index >= 15 is 0 Å². The Balaban J connectivity index is 0.627. The molecular formula is C81H111Cl6N13O14S2. The molecule has 3 aliphatic rings. The van der Waals surface area contributed by atoms with E-state index in [1.54, 1.807) is 80.6 Å². The number of nitrogens with zero attached hydrogens (tertiary/aromatic N) is 7. The average Bonchev–Trinajstić information content (AvgIpc) is 0.783. The Labute approximate surface area is 713 Å². The summed E-state index contributed by atoms with van der Waals surface area (Å²) in [5.41, 5.74) is 11.9. The topological polar surface area (TPSA) is 279 Å². The summed E-state index contributed by atoms with van der Waals surface area (Å²) in [4.78, 5) is 59.0. The van der Waals surface area contributed by atoms with Crippen molar-refractivity contribution in [3.8, 4) is 5.75 Å². The fraction of sp³-hybridized carbons (Fsp3) is 0.519. The molecule has 0 aromatic heterocycles. The number of carbonyl (C=O) groups excluding carboxylic acids is 3. The number of nitrogens with one attached hydrogen (secondary N) is 6. The predicted octanol–water partition coefficient (Wildman–Crippen LogP) is 10.7. The van der Waals surface area contributed by atoms with Crippen molar-refractivity contribution in [2.45, 2.75) is 66.4 Å². The molecule has 3 heterocycles. The van der Waals surface area contributed by atoms with Crippen LogP contribution < -0.4 is 35.7 Å². The number of urea groups is 3. The monoisotopic (exact) mass is 1760 g/mol. The molecule has 27 nitrogen and oxygen atoms in total. The Bertz CT molecular complexity index is 4210. The van der Waals surface area contributed by atoms with Gasteiger partial charge in [-0.3, -0.25) is 0 Å². The molecule has 3 aliphatic heterocycles. The molecule has 0 saturated heterocycles. The maximum Gasteiger partial charge on any atom is 0.317 e. The summed E-state index contributed by atoms with van der Waals surface area (Å²) < 4.78 is 93.1. The summed E-state index contributed by atoms with van der Waals surface area (Å²) in [5, 5.41) is 12.5. The Kier molecular flexibility index (Phi) is 38.8. The van der Waals surface area contributed by atoms with Gasteiger partial charge < -0.3 is 83.5 Å². The second-order valence-electron chi connectivity index (χ2n) is 29.2. The molecule has 0 bridgehead atoms. The standard InChI is InChI=1S/C81H111Cl6N13O14S2/c1-94-52-70(67-46-61(82)49-76(85)73(67)55-94)58-13-7-16-64(43-58)114-91-22-31-108-37-40-111-34-28-97(4)79(101)88-19-10-25-100(26-11-20-89-80(102)98(5)29-35-112-41-38-109-32-23-92-115(104,105)65-17-8-14-59(44-65)71-53-95(2)56-74-68(71)47-62(83)50-77(74)86)27-12-21-90-81(103)99(6)30-36-113-42-39-110-33-24-93-116(106,107)66-18-9-15-60(45-66)72-54-96(3)57-75-69(72)48-63(84)51-78(75)87/h7-9,13-18,43-51,70-72,91-93H,10-12,19-42,52-57H2,1-6H3,(H,88,101)(H,89,102)(H,90,103)/t70-,71-,72-/m0/s1. The van der Waals surface area contributed by atoms with E-state index in [-0.39, 0.29) is 112 Å². The summed E-state index contributed by atoms with van der Waals surface area (Å²) in [7, 11) is 3.47. The molecule has 35 heteroatoms. The lowest BCUT2D eigenvalue weighted by Crippen LogP contribution is -2.42. The van der Waals surface area contributed by atoms with Crippen molar-refractivity contribution in [1.29, 1.82) is 0 Å². The second kappa shape index (κ2) is 47.9. The van der Waals surface area contributed by atoms with Crippen LogP contribution in [0.15, 0.2) is 119 Å². The van der Waals surface area contributed by atoms with Crippen molar-refractivity contribution in [3.05, 3.63) is 189 Å². The lowest BCUT2D eigenvalue weighted by molar-refractivity contribution is 0.0365. The number of hydroxylamine groups is 1. The predicted molar refractivity (Wildman–Crippen MR) is 456 cm³/mol. The Morgan fingerprint density at radius 1 is 0.397 bits per heavy atom. The molecule has 6 N–H and O–H groups in total. The molecule has 0 radical (unpaired) electrons. The first kappa shape index (κ1) is 93.9. The molecule has 0 fully saturated rings. The first-order valence-corrected chi connectivity index (χ1v) is 44.3. The van der Waals surface area contributed by atoms with Gasteiger partial charge in [0.1, 0.15) is 5.75 Å². The number of benzene rings is 6. The first-order chi connectivity index (χ1) is 55.7. The molecule has 3 atom stereocenters. The van der Waals surface area contributed by atoms with Crippen molar-refractivity contribution >= 4 is 108 Å². The van der Waals surface area contributed by atoms with Crippen LogP contribution in [-0.4, -0.2) is 289 Å². The Hall–Kier alpha value is -5.95. The number of likely N-dealkylation sites (N-methyl/N-ethyl adjacent to an activating group) is 6. The summed E-state index contributed by atoms with van der Waals surface area (Å²) >= 11 is 39.0. The molecule has 116 heavy (non-hydrogen) atoms. The largest absolute Gasteiger partial charge is 0.409 e. The van der Waals surface area contributed by atoms with Crippen molar-refractivity contribution < 1.29 is 64.5 Å². The number of ether oxygens (including phenoxy) is 6. The third kappa shape index (κ3) is 29.7. The Morgan fingerprint density at radius 2 is 0.716 bits per heavy atom. The summed E-state index contributed by atoms with van der Waals surface area (Å²) in [6, 6.07) is 32.1. The van der Waals surface area contributed by atoms with E-state index in [4.69, 9.17) is 103 Å². The molecule has 6 aromatic carbocycles. The van der Waals surface area contributed by atoms with Crippen LogP contribution in [0.1, 0.15) is 87.1 Å². The molecule has 0 spiro atoms.